The van der Waals surface area contributed by atoms with Crippen LogP contribution in [0.25, 0.3) is 0 Å². The Morgan fingerprint density at radius 3 is 2.61 bits per heavy atom. The van der Waals surface area contributed by atoms with Crippen LogP contribution in [0.15, 0.2) is 48.5 Å². The Balaban J connectivity index is 1.88. The average Bonchev–Trinajstić information content (AvgIpc) is 2.68. The van der Waals surface area contributed by atoms with Gasteiger partial charge in [-0.05, 0) is 49.7 Å². The summed E-state index contributed by atoms with van der Waals surface area (Å²) in [6.45, 7) is 3.74. The van der Waals surface area contributed by atoms with E-state index in [1.807, 2.05) is 25.1 Å². The summed E-state index contributed by atoms with van der Waals surface area (Å²) in [5, 5.41) is 15.0. The Labute approximate surface area is 163 Å². The lowest BCUT2D eigenvalue weighted by molar-refractivity contribution is 0.102. The number of ether oxygens (including phenoxy) is 1. The number of nitriles is 1. The largest absolute Gasteiger partial charge is 0.495 e. The van der Waals surface area contributed by atoms with E-state index in [0.717, 1.165) is 5.56 Å². The lowest BCUT2D eigenvalue weighted by atomic mass is 10.2. The van der Waals surface area contributed by atoms with Crippen LogP contribution in [0.5, 0.6) is 5.75 Å². The summed E-state index contributed by atoms with van der Waals surface area (Å²) in [7, 11) is 1.58. The number of benzene rings is 2. The maximum atomic E-state index is 12.7. The first-order valence-corrected chi connectivity index (χ1v) is 8.58. The number of carbonyl (C=O) groups is 1. The van der Waals surface area contributed by atoms with Crippen molar-refractivity contribution < 1.29 is 9.53 Å². The number of nitrogens with one attached hydrogen (secondary N) is 2. The number of hydrogen-bond donors (Lipinski definition) is 2. The average molecular weight is 373 g/mol. The fourth-order valence-electron chi connectivity index (χ4n) is 2.66. The molecule has 0 unspecified atom stereocenters. The van der Waals surface area contributed by atoms with Gasteiger partial charge in [-0.2, -0.15) is 5.26 Å². The lowest BCUT2D eigenvalue weighted by Crippen LogP contribution is -2.16. The van der Waals surface area contributed by atoms with Gasteiger partial charge in [0.25, 0.3) is 5.91 Å². The molecule has 0 fully saturated rings. The molecule has 1 heterocycles. The molecular formula is C21H19N5O2. The highest BCUT2D eigenvalue weighted by Crippen LogP contribution is 2.27. The molecule has 0 saturated carbocycles. The first-order chi connectivity index (χ1) is 13.5. The maximum Gasteiger partial charge on any atom is 0.274 e. The molecule has 0 aliphatic rings. The minimum Gasteiger partial charge on any atom is -0.495 e. The number of amides is 1. The van der Waals surface area contributed by atoms with Crippen molar-refractivity contribution in [3.05, 3.63) is 71.0 Å². The van der Waals surface area contributed by atoms with Crippen LogP contribution in [0.2, 0.25) is 0 Å². The maximum absolute atomic E-state index is 12.7. The van der Waals surface area contributed by atoms with Gasteiger partial charge in [0.2, 0.25) is 5.95 Å². The molecule has 0 aliphatic heterocycles. The second-order valence-corrected chi connectivity index (χ2v) is 6.16. The molecule has 1 amide bonds. The van der Waals surface area contributed by atoms with Crippen molar-refractivity contribution in [2.24, 2.45) is 0 Å². The normalized spacial score (nSPS) is 10.1. The van der Waals surface area contributed by atoms with E-state index in [4.69, 9.17) is 4.74 Å². The van der Waals surface area contributed by atoms with E-state index in [9.17, 15) is 10.1 Å². The number of nitrogens with zero attached hydrogens (tertiary/aromatic N) is 3. The highest BCUT2D eigenvalue weighted by Gasteiger charge is 2.14. The van der Waals surface area contributed by atoms with E-state index >= 15 is 0 Å². The van der Waals surface area contributed by atoms with E-state index in [1.165, 1.54) is 0 Å². The third-order valence-electron chi connectivity index (χ3n) is 3.98. The van der Waals surface area contributed by atoms with Crippen molar-refractivity contribution in [3.63, 3.8) is 0 Å². The number of aromatic nitrogens is 2. The van der Waals surface area contributed by atoms with Crippen LogP contribution in [-0.4, -0.2) is 23.0 Å². The molecule has 0 radical (unpaired) electrons. The van der Waals surface area contributed by atoms with Crippen molar-refractivity contribution in [2.75, 3.05) is 17.7 Å². The molecule has 3 aromatic rings. The summed E-state index contributed by atoms with van der Waals surface area (Å²) in [5.74, 6) is 0.500. The smallest absolute Gasteiger partial charge is 0.274 e. The van der Waals surface area contributed by atoms with Crippen LogP contribution >= 0.6 is 0 Å². The van der Waals surface area contributed by atoms with Gasteiger partial charge >= 0.3 is 0 Å². The number of carbonyl (C=O) groups excluding carboxylic acids is 1. The van der Waals surface area contributed by atoms with Crippen molar-refractivity contribution in [1.82, 2.24) is 9.97 Å². The van der Waals surface area contributed by atoms with Crippen molar-refractivity contribution in [2.45, 2.75) is 13.8 Å². The molecule has 2 aromatic carbocycles. The third kappa shape index (κ3) is 4.24. The second kappa shape index (κ2) is 8.18. The van der Waals surface area contributed by atoms with Crippen molar-refractivity contribution >= 4 is 23.2 Å². The van der Waals surface area contributed by atoms with E-state index in [0.29, 0.717) is 28.4 Å². The Morgan fingerprint density at radius 1 is 1.07 bits per heavy atom. The van der Waals surface area contributed by atoms with Gasteiger partial charge in [0.1, 0.15) is 17.5 Å². The minimum absolute atomic E-state index is 0.189. The van der Waals surface area contributed by atoms with Crippen LogP contribution in [0.3, 0.4) is 0 Å². The Morgan fingerprint density at radius 2 is 1.86 bits per heavy atom. The zero-order chi connectivity index (χ0) is 20.1. The van der Waals surface area contributed by atoms with Crippen LogP contribution in [0.1, 0.15) is 27.3 Å². The van der Waals surface area contributed by atoms with Gasteiger partial charge in [0.05, 0.1) is 24.0 Å². The first kappa shape index (κ1) is 18.9. The molecule has 7 heteroatoms. The van der Waals surface area contributed by atoms with Gasteiger partial charge in [-0.25, -0.2) is 9.97 Å². The topological polar surface area (TPSA) is 99.9 Å². The number of para-hydroxylation sites is 1. The van der Waals surface area contributed by atoms with E-state index in [-0.39, 0.29) is 11.6 Å². The molecule has 1 aromatic heterocycles. The molecule has 28 heavy (non-hydrogen) atoms. The van der Waals surface area contributed by atoms with Crippen molar-refractivity contribution in [3.8, 4) is 11.8 Å². The Kier molecular flexibility index (Phi) is 5.51. The van der Waals surface area contributed by atoms with Crippen LogP contribution < -0.4 is 15.4 Å². The molecule has 0 bridgehead atoms. The van der Waals surface area contributed by atoms with Gasteiger partial charge in [-0.3, -0.25) is 4.79 Å². The van der Waals surface area contributed by atoms with E-state index < -0.39 is 5.91 Å². The highest BCUT2D eigenvalue weighted by molar-refractivity contribution is 6.03. The SMILES string of the molecule is COc1ccc(C)cc1Nc1nc(C)cc(C(=O)Nc2ccccc2C#N)n1. The molecule has 0 atom stereocenters. The molecule has 140 valence electrons. The van der Waals surface area contributed by atoms with Gasteiger partial charge in [0, 0.05) is 5.69 Å². The molecule has 2 N–H and O–H groups in total. The number of anilines is 3. The molecule has 0 saturated heterocycles. The van der Waals surface area contributed by atoms with Gasteiger partial charge < -0.3 is 15.4 Å². The summed E-state index contributed by atoms with van der Waals surface area (Å²) >= 11 is 0. The lowest BCUT2D eigenvalue weighted by Gasteiger charge is -2.12. The molecule has 0 spiro atoms. The summed E-state index contributed by atoms with van der Waals surface area (Å²) in [6.07, 6.45) is 0. The number of methoxy groups -OCH3 is 1. The molecular weight excluding hydrogens is 354 g/mol. The fraction of sp³-hybridized carbons (Fsp3) is 0.143. The second-order valence-electron chi connectivity index (χ2n) is 6.16. The zero-order valence-corrected chi connectivity index (χ0v) is 15.8. The zero-order valence-electron chi connectivity index (χ0n) is 15.8. The quantitative estimate of drug-likeness (QED) is 0.702. The number of aryl methyl sites for hydroxylation is 2. The van der Waals surface area contributed by atoms with Crippen molar-refractivity contribution in [1.29, 1.82) is 5.26 Å². The fourth-order valence-corrected chi connectivity index (χ4v) is 2.66. The standard InChI is InChI=1S/C21H19N5O2/c1-13-8-9-19(28-3)17(10-13)25-21-23-14(2)11-18(26-21)20(27)24-16-7-5-4-6-15(16)12-22/h4-11H,1-3H3,(H,24,27)(H,23,25,26). The first-order valence-electron chi connectivity index (χ1n) is 8.58. The summed E-state index contributed by atoms with van der Waals surface area (Å²) in [4.78, 5) is 21.3. The van der Waals surface area contributed by atoms with Crippen LogP contribution in [0.4, 0.5) is 17.3 Å². The van der Waals surface area contributed by atoms with Crippen LogP contribution in [-0.2, 0) is 0 Å². The predicted molar refractivity (Wildman–Crippen MR) is 107 cm³/mol. The minimum atomic E-state index is -0.424. The molecule has 3 rings (SSSR count). The highest BCUT2D eigenvalue weighted by atomic mass is 16.5. The monoisotopic (exact) mass is 373 g/mol. The van der Waals surface area contributed by atoms with Crippen LogP contribution in [0, 0.1) is 25.2 Å². The summed E-state index contributed by atoms with van der Waals surface area (Å²) in [6, 6.07) is 16.1. The number of hydrogen-bond acceptors (Lipinski definition) is 6. The van der Waals surface area contributed by atoms with Gasteiger partial charge in [-0.15, -0.1) is 0 Å². The summed E-state index contributed by atoms with van der Waals surface area (Å²) in [5.41, 5.74) is 3.37. The Bertz CT molecular complexity index is 1070. The van der Waals surface area contributed by atoms with Gasteiger partial charge in [-0.1, -0.05) is 18.2 Å². The summed E-state index contributed by atoms with van der Waals surface area (Å²) < 4.78 is 5.36. The Hall–Kier alpha value is -3.92. The molecule has 7 nitrogen and oxygen atoms in total. The predicted octanol–water partition coefficient (Wildman–Crippen LogP) is 3.97. The number of rotatable bonds is 5. The van der Waals surface area contributed by atoms with Gasteiger partial charge in [0.15, 0.2) is 0 Å². The third-order valence-corrected chi connectivity index (χ3v) is 3.98. The molecule has 0 aliphatic carbocycles. The van der Waals surface area contributed by atoms with E-state index in [2.05, 4.69) is 26.7 Å². The van der Waals surface area contributed by atoms with E-state index in [1.54, 1.807) is 44.4 Å².